The van der Waals surface area contributed by atoms with Gasteiger partial charge in [-0.05, 0) is 52.9 Å². The topological polar surface area (TPSA) is 42.4 Å². The molecule has 5 heteroatoms. The largest absolute Gasteiger partial charge is 0.472 e. The Kier molecular flexibility index (Phi) is 6.45. The van der Waals surface area contributed by atoms with E-state index in [1.54, 1.807) is 6.20 Å². The maximum atomic E-state index is 12.4. The number of nitrogens with zero attached hydrogens (tertiary/aromatic N) is 2. The van der Waals surface area contributed by atoms with Gasteiger partial charge in [0.25, 0.3) is 0 Å². The molecule has 3 rings (SSSR count). The quantitative estimate of drug-likeness (QED) is 0.650. The van der Waals surface area contributed by atoms with Crippen LogP contribution in [-0.2, 0) is 11.2 Å². The van der Waals surface area contributed by atoms with Crippen LogP contribution >= 0.6 is 15.9 Å². The Balaban J connectivity index is 1.38. The van der Waals surface area contributed by atoms with E-state index in [0.717, 1.165) is 36.7 Å². The van der Waals surface area contributed by atoms with Crippen LogP contribution in [0, 0.1) is 0 Å². The number of hydrogen-bond donors (Lipinski definition) is 0. The van der Waals surface area contributed by atoms with Gasteiger partial charge < -0.3 is 9.64 Å². The molecule has 1 saturated heterocycles. The van der Waals surface area contributed by atoms with Gasteiger partial charge in [0.2, 0.25) is 11.8 Å². The predicted molar refractivity (Wildman–Crippen MR) is 102 cm³/mol. The van der Waals surface area contributed by atoms with Crippen molar-refractivity contribution in [3.63, 3.8) is 0 Å². The fourth-order valence-electron chi connectivity index (χ4n) is 3.07. The Bertz CT molecular complexity index is 693. The first-order valence-corrected chi connectivity index (χ1v) is 9.60. The lowest BCUT2D eigenvalue weighted by Gasteiger charge is -2.17. The van der Waals surface area contributed by atoms with Crippen molar-refractivity contribution in [3.8, 4) is 5.88 Å². The van der Waals surface area contributed by atoms with Crippen molar-refractivity contribution >= 4 is 21.8 Å². The van der Waals surface area contributed by atoms with Crippen molar-refractivity contribution < 1.29 is 9.53 Å². The van der Waals surface area contributed by atoms with Crippen LogP contribution in [0.2, 0.25) is 0 Å². The molecule has 4 nitrogen and oxygen atoms in total. The zero-order valence-corrected chi connectivity index (χ0v) is 15.8. The summed E-state index contributed by atoms with van der Waals surface area (Å²) in [5.74, 6) is 0.837. The maximum absolute atomic E-state index is 12.4. The number of hydrogen-bond acceptors (Lipinski definition) is 3. The molecule has 0 radical (unpaired) electrons. The highest BCUT2D eigenvalue weighted by molar-refractivity contribution is 9.10. The predicted octanol–water partition coefficient (Wildman–Crippen LogP) is 4.24. The van der Waals surface area contributed by atoms with E-state index in [2.05, 4.69) is 45.2 Å². The minimum Gasteiger partial charge on any atom is -0.472 e. The van der Waals surface area contributed by atoms with Crippen molar-refractivity contribution in [3.05, 3.63) is 58.7 Å². The highest BCUT2D eigenvalue weighted by Gasteiger charge is 2.27. The molecular weight excluding hydrogens is 380 g/mol. The van der Waals surface area contributed by atoms with Gasteiger partial charge in [-0.3, -0.25) is 4.79 Å². The highest BCUT2D eigenvalue weighted by atomic mass is 79.9. The third-order valence-corrected chi connectivity index (χ3v) is 5.05. The van der Waals surface area contributed by atoms with E-state index in [-0.39, 0.29) is 12.0 Å². The molecule has 0 spiro atoms. The molecule has 1 atom stereocenters. The lowest BCUT2D eigenvalue weighted by Crippen LogP contribution is -2.30. The Hall–Kier alpha value is -1.88. The van der Waals surface area contributed by atoms with Crippen LogP contribution in [0.3, 0.4) is 0 Å². The SMILES string of the molecule is O=C(CCCCc1ccccc1)N1CCC(Oc2ncccc2Br)C1. The summed E-state index contributed by atoms with van der Waals surface area (Å²) >= 11 is 3.44. The first-order valence-electron chi connectivity index (χ1n) is 8.81. The number of carbonyl (C=O) groups excluding carboxylic acids is 1. The number of benzene rings is 1. The van der Waals surface area contributed by atoms with Gasteiger partial charge in [-0.15, -0.1) is 0 Å². The van der Waals surface area contributed by atoms with Gasteiger partial charge >= 0.3 is 0 Å². The van der Waals surface area contributed by atoms with Gasteiger partial charge in [-0.25, -0.2) is 4.98 Å². The van der Waals surface area contributed by atoms with E-state index in [9.17, 15) is 4.79 Å². The molecule has 25 heavy (non-hydrogen) atoms. The molecule has 1 aliphatic heterocycles. The molecule has 0 saturated carbocycles. The number of aryl methyl sites for hydroxylation is 1. The minimum absolute atomic E-state index is 0.0273. The Morgan fingerprint density at radius 3 is 2.84 bits per heavy atom. The lowest BCUT2D eigenvalue weighted by molar-refractivity contribution is -0.130. The lowest BCUT2D eigenvalue weighted by atomic mass is 10.1. The smallest absolute Gasteiger partial charge is 0.228 e. The maximum Gasteiger partial charge on any atom is 0.228 e. The van der Waals surface area contributed by atoms with Gasteiger partial charge in [-0.1, -0.05) is 30.3 Å². The number of pyridine rings is 1. The summed E-state index contributed by atoms with van der Waals surface area (Å²) in [4.78, 5) is 18.5. The second-order valence-electron chi connectivity index (χ2n) is 6.35. The standard InChI is InChI=1S/C20H23BrN2O2/c21-18-10-6-13-22-20(18)25-17-12-14-23(15-17)19(24)11-5-4-9-16-7-2-1-3-8-16/h1-3,6-8,10,13,17H,4-5,9,11-12,14-15H2. The Labute approximate surface area is 157 Å². The third-order valence-electron chi connectivity index (χ3n) is 4.45. The first kappa shape index (κ1) is 17.9. The number of rotatable bonds is 7. The molecule has 2 aromatic rings. The van der Waals surface area contributed by atoms with Crippen LogP contribution in [0.4, 0.5) is 0 Å². The molecule has 1 amide bonds. The monoisotopic (exact) mass is 402 g/mol. The van der Waals surface area contributed by atoms with Gasteiger partial charge in [0.05, 0.1) is 11.0 Å². The molecule has 1 aromatic carbocycles. The van der Waals surface area contributed by atoms with E-state index in [1.807, 2.05) is 23.1 Å². The van der Waals surface area contributed by atoms with Crippen LogP contribution in [0.25, 0.3) is 0 Å². The zero-order valence-electron chi connectivity index (χ0n) is 14.2. The molecule has 1 unspecified atom stereocenters. The number of amides is 1. The van der Waals surface area contributed by atoms with Crippen LogP contribution in [-0.4, -0.2) is 35.0 Å². The second kappa shape index (κ2) is 8.99. The summed E-state index contributed by atoms with van der Waals surface area (Å²) in [6.07, 6.45) is 6.23. The molecule has 0 N–H and O–H groups in total. The molecule has 1 fully saturated rings. The van der Waals surface area contributed by atoms with E-state index in [1.165, 1.54) is 5.56 Å². The average Bonchev–Trinajstić information content (AvgIpc) is 3.10. The van der Waals surface area contributed by atoms with Gasteiger partial charge in [0, 0.05) is 25.6 Å². The fourth-order valence-corrected chi connectivity index (χ4v) is 3.42. The minimum atomic E-state index is 0.0273. The molecule has 1 aromatic heterocycles. The number of unbranched alkanes of at least 4 members (excludes halogenated alkanes) is 1. The van der Waals surface area contributed by atoms with Crippen LogP contribution in [0.15, 0.2) is 53.1 Å². The normalized spacial score (nSPS) is 16.8. The zero-order chi connectivity index (χ0) is 17.5. The number of ether oxygens (including phenoxy) is 1. The molecule has 0 bridgehead atoms. The summed E-state index contributed by atoms with van der Waals surface area (Å²) in [5.41, 5.74) is 1.34. The van der Waals surface area contributed by atoms with E-state index in [4.69, 9.17) is 4.74 Å². The van der Waals surface area contributed by atoms with Gasteiger partial charge in [0.1, 0.15) is 6.10 Å². The number of carbonyl (C=O) groups is 1. The summed E-state index contributed by atoms with van der Waals surface area (Å²) in [5, 5.41) is 0. The number of aromatic nitrogens is 1. The van der Waals surface area contributed by atoms with Crippen LogP contribution < -0.4 is 4.74 Å². The van der Waals surface area contributed by atoms with Crippen molar-refractivity contribution in [2.45, 2.75) is 38.2 Å². The molecule has 1 aliphatic rings. The number of halogens is 1. The van der Waals surface area contributed by atoms with Gasteiger partial charge in [0.15, 0.2) is 0 Å². The van der Waals surface area contributed by atoms with Crippen molar-refractivity contribution in [1.82, 2.24) is 9.88 Å². The molecule has 0 aliphatic carbocycles. The summed E-state index contributed by atoms with van der Waals surface area (Å²) < 4.78 is 6.77. The molecular formula is C20H23BrN2O2. The second-order valence-corrected chi connectivity index (χ2v) is 7.21. The van der Waals surface area contributed by atoms with Crippen LogP contribution in [0.1, 0.15) is 31.2 Å². The first-order chi connectivity index (χ1) is 12.2. The summed E-state index contributed by atoms with van der Waals surface area (Å²) in [6, 6.07) is 14.2. The number of likely N-dealkylation sites (tertiary alicyclic amines) is 1. The Morgan fingerprint density at radius 2 is 2.04 bits per heavy atom. The van der Waals surface area contributed by atoms with E-state index in [0.29, 0.717) is 18.8 Å². The molecule has 132 valence electrons. The Morgan fingerprint density at radius 1 is 1.20 bits per heavy atom. The molecule has 2 heterocycles. The van der Waals surface area contributed by atoms with E-state index >= 15 is 0 Å². The third kappa shape index (κ3) is 5.30. The highest BCUT2D eigenvalue weighted by Crippen LogP contribution is 2.24. The average molecular weight is 403 g/mol. The van der Waals surface area contributed by atoms with Gasteiger partial charge in [-0.2, -0.15) is 0 Å². The van der Waals surface area contributed by atoms with Crippen molar-refractivity contribution in [2.24, 2.45) is 0 Å². The summed E-state index contributed by atoms with van der Waals surface area (Å²) in [7, 11) is 0. The van der Waals surface area contributed by atoms with Crippen LogP contribution in [0.5, 0.6) is 5.88 Å². The fraction of sp³-hybridized carbons (Fsp3) is 0.400. The van der Waals surface area contributed by atoms with Crippen molar-refractivity contribution in [2.75, 3.05) is 13.1 Å². The van der Waals surface area contributed by atoms with E-state index < -0.39 is 0 Å². The van der Waals surface area contributed by atoms with Crippen molar-refractivity contribution in [1.29, 1.82) is 0 Å². The summed E-state index contributed by atoms with van der Waals surface area (Å²) in [6.45, 7) is 1.42.